The van der Waals surface area contributed by atoms with Crippen LogP contribution in [-0.2, 0) is 14.8 Å². The maximum absolute atomic E-state index is 12.3. The summed E-state index contributed by atoms with van der Waals surface area (Å²) >= 11 is 0. The average molecular weight is 268 g/mol. The molecule has 0 N–H and O–H groups in total. The van der Waals surface area contributed by atoms with Crippen LogP contribution in [0.25, 0.3) is 0 Å². The zero-order valence-electron chi connectivity index (χ0n) is 10.00. The molecule has 1 unspecified atom stereocenters. The van der Waals surface area contributed by atoms with Crippen molar-refractivity contribution in [3.05, 3.63) is 29.8 Å². The first-order valence-corrected chi connectivity index (χ1v) is 7.16. The van der Waals surface area contributed by atoms with E-state index in [0.29, 0.717) is 12.8 Å². The maximum Gasteiger partial charge on any atom is 0.243 e. The molecule has 1 saturated heterocycles. The van der Waals surface area contributed by atoms with Gasteiger partial charge in [0.2, 0.25) is 10.0 Å². The number of hydrogen-bond donors (Lipinski definition) is 0. The normalized spacial score (nSPS) is 21.1. The first kappa shape index (κ1) is 13.0. The lowest BCUT2D eigenvalue weighted by Gasteiger charge is -2.24. The Morgan fingerprint density at radius 2 is 1.94 bits per heavy atom. The van der Waals surface area contributed by atoms with Crippen LogP contribution < -0.4 is 5.11 Å². The van der Waals surface area contributed by atoms with Gasteiger partial charge in [0.1, 0.15) is 0 Å². The second kappa shape index (κ2) is 4.70. The molecule has 0 spiro atoms. The molecule has 6 heteroatoms. The van der Waals surface area contributed by atoms with Gasteiger partial charge in [-0.2, -0.15) is 4.31 Å². The van der Waals surface area contributed by atoms with Crippen molar-refractivity contribution in [1.29, 1.82) is 0 Å². The molecule has 1 aliphatic heterocycles. The van der Waals surface area contributed by atoms with E-state index in [1.807, 2.05) is 6.92 Å². The molecule has 1 atom stereocenters. The van der Waals surface area contributed by atoms with Crippen molar-refractivity contribution in [2.45, 2.75) is 30.7 Å². The number of hydrogen-bond acceptors (Lipinski definition) is 4. The largest absolute Gasteiger partial charge is 0.548 e. The third-order valence-corrected chi connectivity index (χ3v) is 5.03. The van der Waals surface area contributed by atoms with Gasteiger partial charge in [-0.25, -0.2) is 8.42 Å². The zero-order chi connectivity index (χ0) is 13.3. The number of carbonyl (C=O) groups is 1. The van der Waals surface area contributed by atoms with E-state index >= 15 is 0 Å². The third kappa shape index (κ3) is 2.26. The molecule has 0 radical (unpaired) electrons. The van der Waals surface area contributed by atoms with Crippen LogP contribution in [0.15, 0.2) is 29.2 Å². The van der Waals surface area contributed by atoms with Crippen molar-refractivity contribution in [1.82, 2.24) is 4.31 Å². The molecule has 98 valence electrons. The zero-order valence-corrected chi connectivity index (χ0v) is 10.8. The highest BCUT2D eigenvalue weighted by atomic mass is 32.2. The third-order valence-electron chi connectivity index (χ3n) is 3.10. The molecule has 18 heavy (non-hydrogen) atoms. The van der Waals surface area contributed by atoms with Crippen LogP contribution in [0.1, 0.15) is 18.4 Å². The fraction of sp³-hybridized carbons (Fsp3) is 0.417. The van der Waals surface area contributed by atoms with Gasteiger partial charge in [-0.05, 0) is 31.9 Å². The number of carboxylic acid groups (broad SMARTS) is 1. The van der Waals surface area contributed by atoms with Crippen molar-refractivity contribution in [3.63, 3.8) is 0 Å². The molecule has 1 aromatic rings. The van der Waals surface area contributed by atoms with Gasteiger partial charge in [0, 0.05) is 6.54 Å². The summed E-state index contributed by atoms with van der Waals surface area (Å²) in [6.45, 7) is 2.09. The Bertz CT molecular complexity index is 550. The molecular formula is C12H14NO4S-. The van der Waals surface area contributed by atoms with Gasteiger partial charge >= 0.3 is 0 Å². The fourth-order valence-corrected chi connectivity index (χ4v) is 3.76. The summed E-state index contributed by atoms with van der Waals surface area (Å²) in [5, 5.41) is 10.9. The van der Waals surface area contributed by atoms with Crippen molar-refractivity contribution >= 4 is 16.0 Å². The number of aliphatic carboxylic acids is 1. The van der Waals surface area contributed by atoms with E-state index in [0.717, 1.165) is 9.87 Å². The van der Waals surface area contributed by atoms with E-state index in [-0.39, 0.29) is 11.4 Å². The van der Waals surface area contributed by atoms with E-state index < -0.39 is 22.0 Å². The van der Waals surface area contributed by atoms with Gasteiger partial charge in [0.05, 0.1) is 16.9 Å². The van der Waals surface area contributed by atoms with Crippen LogP contribution in [0, 0.1) is 6.92 Å². The Hall–Kier alpha value is -1.40. The Labute approximate surface area is 106 Å². The topological polar surface area (TPSA) is 77.5 Å². The van der Waals surface area contributed by atoms with Crippen molar-refractivity contribution in [2.75, 3.05) is 6.54 Å². The Kier molecular flexibility index (Phi) is 3.41. The van der Waals surface area contributed by atoms with Crippen molar-refractivity contribution < 1.29 is 18.3 Å². The number of carboxylic acids is 1. The summed E-state index contributed by atoms with van der Waals surface area (Å²) in [5.41, 5.74) is 0.951. The second-order valence-electron chi connectivity index (χ2n) is 4.41. The second-order valence-corrected chi connectivity index (χ2v) is 6.30. The van der Waals surface area contributed by atoms with E-state index in [1.54, 1.807) is 12.1 Å². The van der Waals surface area contributed by atoms with Crippen LogP contribution in [-0.4, -0.2) is 31.3 Å². The van der Waals surface area contributed by atoms with E-state index in [2.05, 4.69) is 0 Å². The summed E-state index contributed by atoms with van der Waals surface area (Å²) < 4.78 is 25.6. The molecule has 0 bridgehead atoms. The summed E-state index contributed by atoms with van der Waals surface area (Å²) in [6.07, 6.45) is 0.858. The number of rotatable bonds is 3. The lowest BCUT2D eigenvalue weighted by atomic mass is 10.2. The Balaban J connectivity index is 2.36. The SMILES string of the molecule is Cc1ccc(S(=O)(=O)N2CCCC2C(=O)[O-])cc1. The van der Waals surface area contributed by atoms with Crippen LogP contribution in [0.3, 0.4) is 0 Å². The van der Waals surface area contributed by atoms with Crippen LogP contribution in [0.5, 0.6) is 0 Å². The number of aryl methyl sites for hydroxylation is 1. The molecular weight excluding hydrogens is 254 g/mol. The summed E-state index contributed by atoms with van der Waals surface area (Å²) in [4.78, 5) is 11.1. The molecule has 1 aliphatic rings. The van der Waals surface area contributed by atoms with E-state index in [9.17, 15) is 18.3 Å². The monoisotopic (exact) mass is 268 g/mol. The highest BCUT2D eigenvalue weighted by Crippen LogP contribution is 2.25. The van der Waals surface area contributed by atoms with Gasteiger partial charge in [-0.15, -0.1) is 0 Å². The molecule has 1 heterocycles. The molecule has 1 aromatic carbocycles. The fourth-order valence-electron chi connectivity index (χ4n) is 2.11. The lowest BCUT2D eigenvalue weighted by Crippen LogP contribution is -2.46. The summed E-state index contributed by atoms with van der Waals surface area (Å²) in [5.74, 6) is -1.33. The number of nitrogens with zero attached hydrogens (tertiary/aromatic N) is 1. The van der Waals surface area contributed by atoms with Crippen LogP contribution in [0.4, 0.5) is 0 Å². The molecule has 0 aromatic heterocycles. The Morgan fingerprint density at radius 1 is 1.33 bits per heavy atom. The summed E-state index contributed by atoms with van der Waals surface area (Å²) in [6, 6.07) is 5.33. The minimum atomic E-state index is -3.74. The number of sulfonamides is 1. The van der Waals surface area contributed by atoms with Gasteiger partial charge < -0.3 is 9.90 Å². The molecule has 0 aliphatic carbocycles. The molecule has 1 fully saturated rings. The van der Waals surface area contributed by atoms with Gasteiger partial charge in [0.25, 0.3) is 0 Å². The predicted molar refractivity (Wildman–Crippen MR) is 63.1 cm³/mol. The predicted octanol–water partition coefficient (Wildman–Crippen LogP) is -0.102. The van der Waals surface area contributed by atoms with Crippen molar-refractivity contribution in [2.24, 2.45) is 0 Å². The standard InChI is InChI=1S/C12H15NO4S/c1-9-4-6-10(7-5-9)18(16,17)13-8-2-3-11(13)12(14)15/h4-7,11H,2-3,8H2,1H3,(H,14,15)/p-1. The molecule has 0 saturated carbocycles. The Morgan fingerprint density at radius 3 is 2.50 bits per heavy atom. The quantitative estimate of drug-likeness (QED) is 0.767. The average Bonchev–Trinajstić information content (AvgIpc) is 2.79. The minimum absolute atomic E-state index is 0.126. The molecule has 2 rings (SSSR count). The maximum atomic E-state index is 12.3. The highest BCUT2D eigenvalue weighted by Gasteiger charge is 2.35. The summed E-state index contributed by atoms with van der Waals surface area (Å²) in [7, 11) is -3.74. The lowest BCUT2D eigenvalue weighted by molar-refractivity contribution is -0.309. The van der Waals surface area contributed by atoms with Crippen molar-refractivity contribution in [3.8, 4) is 0 Å². The van der Waals surface area contributed by atoms with E-state index in [1.165, 1.54) is 12.1 Å². The molecule has 5 nitrogen and oxygen atoms in total. The van der Waals surface area contributed by atoms with Crippen LogP contribution in [0.2, 0.25) is 0 Å². The smallest absolute Gasteiger partial charge is 0.243 e. The minimum Gasteiger partial charge on any atom is -0.548 e. The van der Waals surface area contributed by atoms with Crippen LogP contribution >= 0.6 is 0 Å². The van der Waals surface area contributed by atoms with Gasteiger partial charge in [0.15, 0.2) is 0 Å². The van der Waals surface area contributed by atoms with Gasteiger partial charge in [-0.1, -0.05) is 17.7 Å². The molecule has 0 amide bonds. The number of benzene rings is 1. The first-order valence-electron chi connectivity index (χ1n) is 5.72. The highest BCUT2D eigenvalue weighted by molar-refractivity contribution is 7.89. The van der Waals surface area contributed by atoms with E-state index in [4.69, 9.17) is 0 Å². The number of carbonyl (C=O) groups excluding carboxylic acids is 1. The van der Waals surface area contributed by atoms with Gasteiger partial charge in [-0.3, -0.25) is 0 Å². The first-order chi connectivity index (χ1) is 8.43.